The molecule has 0 spiro atoms. The minimum Gasteiger partial charge on any atom is -0.497 e. The van der Waals surface area contributed by atoms with Crippen molar-refractivity contribution < 1.29 is 23.9 Å². The molecule has 29 heavy (non-hydrogen) atoms. The van der Waals surface area contributed by atoms with E-state index in [0.717, 1.165) is 11.3 Å². The first-order valence-corrected chi connectivity index (χ1v) is 9.19. The Hall–Kier alpha value is -3.35. The van der Waals surface area contributed by atoms with Crippen molar-refractivity contribution >= 4 is 23.5 Å². The molecule has 2 aromatic rings. The van der Waals surface area contributed by atoms with Gasteiger partial charge in [-0.05, 0) is 56.2 Å². The number of amides is 2. The number of nitrogens with one attached hydrogen (secondary N) is 2. The van der Waals surface area contributed by atoms with Gasteiger partial charge in [0.2, 0.25) is 11.8 Å². The topological polar surface area (TPSA) is 93.7 Å². The molecule has 0 aliphatic rings. The lowest BCUT2D eigenvalue weighted by atomic mass is 9.90. The molecular weight excluding hydrogens is 372 g/mol. The van der Waals surface area contributed by atoms with Crippen LogP contribution in [0.15, 0.2) is 48.5 Å². The van der Waals surface area contributed by atoms with E-state index in [1.807, 2.05) is 24.3 Å². The zero-order chi connectivity index (χ0) is 21.4. The van der Waals surface area contributed by atoms with Crippen LogP contribution in [0, 0.1) is 5.41 Å². The minimum atomic E-state index is -1.30. The van der Waals surface area contributed by atoms with Gasteiger partial charge < -0.3 is 20.1 Å². The van der Waals surface area contributed by atoms with E-state index in [1.54, 1.807) is 39.2 Å². The minimum absolute atomic E-state index is 0.311. The van der Waals surface area contributed by atoms with Crippen molar-refractivity contribution in [2.45, 2.75) is 20.3 Å². The Labute approximate surface area is 170 Å². The molecule has 0 bridgehead atoms. The zero-order valence-corrected chi connectivity index (χ0v) is 17.1. The van der Waals surface area contributed by atoms with Gasteiger partial charge in [-0.1, -0.05) is 18.2 Å². The molecule has 2 aromatic carbocycles. The maximum atomic E-state index is 12.6. The quantitative estimate of drug-likeness (QED) is 0.527. The monoisotopic (exact) mass is 398 g/mol. The summed E-state index contributed by atoms with van der Waals surface area (Å²) >= 11 is 0. The van der Waals surface area contributed by atoms with Crippen molar-refractivity contribution in [3.8, 4) is 5.75 Å². The molecule has 0 heterocycles. The van der Waals surface area contributed by atoms with E-state index < -0.39 is 17.3 Å². The number of carbonyl (C=O) groups is 3. The Morgan fingerprint density at radius 2 is 1.69 bits per heavy atom. The van der Waals surface area contributed by atoms with Crippen molar-refractivity contribution in [3.63, 3.8) is 0 Å². The summed E-state index contributed by atoms with van der Waals surface area (Å²) in [6.45, 7) is 3.49. The summed E-state index contributed by atoms with van der Waals surface area (Å²) in [5.41, 5.74) is 0.447. The summed E-state index contributed by atoms with van der Waals surface area (Å²) in [4.78, 5) is 36.8. The third kappa shape index (κ3) is 5.81. The van der Waals surface area contributed by atoms with E-state index in [2.05, 4.69) is 15.4 Å². The van der Waals surface area contributed by atoms with Crippen molar-refractivity contribution in [3.05, 3.63) is 59.7 Å². The van der Waals surface area contributed by atoms with Gasteiger partial charge >= 0.3 is 5.97 Å². The van der Waals surface area contributed by atoms with Crippen LogP contribution in [0.4, 0.5) is 5.69 Å². The molecule has 0 aliphatic heterocycles. The summed E-state index contributed by atoms with van der Waals surface area (Å²) in [6.07, 6.45) is 0.613. The first kappa shape index (κ1) is 21.9. The fourth-order valence-corrected chi connectivity index (χ4v) is 2.60. The summed E-state index contributed by atoms with van der Waals surface area (Å²) in [5.74, 6) is -0.612. The third-order valence-corrected chi connectivity index (χ3v) is 4.51. The van der Waals surface area contributed by atoms with Gasteiger partial charge in [-0.25, -0.2) is 4.79 Å². The lowest BCUT2D eigenvalue weighted by Crippen LogP contribution is -2.45. The van der Waals surface area contributed by atoms with Crippen molar-refractivity contribution in [1.82, 2.24) is 5.32 Å². The normalized spacial score (nSPS) is 10.8. The fourth-order valence-electron chi connectivity index (χ4n) is 2.60. The van der Waals surface area contributed by atoms with Gasteiger partial charge in [0.05, 0.1) is 19.8 Å². The average molecular weight is 398 g/mol. The van der Waals surface area contributed by atoms with Crippen molar-refractivity contribution in [2.24, 2.45) is 5.41 Å². The van der Waals surface area contributed by atoms with Crippen molar-refractivity contribution in [1.29, 1.82) is 0 Å². The predicted molar refractivity (Wildman–Crippen MR) is 110 cm³/mol. The van der Waals surface area contributed by atoms with E-state index >= 15 is 0 Å². The largest absolute Gasteiger partial charge is 0.497 e. The Kier molecular flexibility index (Phi) is 7.36. The number of rotatable bonds is 8. The summed E-state index contributed by atoms with van der Waals surface area (Å²) in [7, 11) is 2.88. The molecule has 2 rings (SSSR count). The van der Waals surface area contributed by atoms with Gasteiger partial charge in [0.15, 0.2) is 0 Å². The van der Waals surface area contributed by atoms with Gasteiger partial charge in [-0.15, -0.1) is 0 Å². The van der Waals surface area contributed by atoms with Crippen LogP contribution in [-0.4, -0.2) is 38.5 Å². The standard InChI is InChI=1S/C22H26N2O5/c1-22(2,20(26)23-12-11-15-7-5-10-18(13-15)28-3)21(27)24-17-9-6-8-16(14-17)19(25)29-4/h5-10,13-14H,11-12H2,1-4H3,(H,23,26)(H,24,27). The predicted octanol–water partition coefficient (Wildman–Crippen LogP) is 2.81. The SMILES string of the molecule is COC(=O)c1cccc(NC(=O)C(C)(C)C(=O)NCCc2cccc(OC)c2)c1. The number of carbonyl (C=O) groups excluding carboxylic acids is 3. The van der Waals surface area contributed by atoms with Crippen LogP contribution >= 0.6 is 0 Å². The maximum Gasteiger partial charge on any atom is 0.337 e. The highest BCUT2D eigenvalue weighted by molar-refractivity contribution is 6.10. The first-order chi connectivity index (χ1) is 13.8. The molecule has 0 aliphatic carbocycles. The number of benzene rings is 2. The molecule has 0 atom stereocenters. The number of anilines is 1. The Morgan fingerprint density at radius 3 is 2.38 bits per heavy atom. The molecule has 0 unspecified atom stereocenters. The second-order valence-corrected chi connectivity index (χ2v) is 7.01. The van der Waals surface area contributed by atoms with Crippen LogP contribution in [-0.2, 0) is 20.7 Å². The van der Waals surface area contributed by atoms with E-state index in [4.69, 9.17) is 4.74 Å². The summed E-state index contributed by atoms with van der Waals surface area (Å²) in [6, 6.07) is 13.9. The molecule has 0 saturated carbocycles. The number of ether oxygens (including phenoxy) is 2. The van der Waals surface area contributed by atoms with Crippen LogP contribution in [0.1, 0.15) is 29.8 Å². The smallest absolute Gasteiger partial charge is 0.337 e. The summed E-state index contributed by atoms with van der Waals surface area (Å²) < 4.78 is 9.86. The van der Waals surface area contributed by atoms with Crippen LogP contribution in [0.3, 0.4) is 0 Å². The highest BCUT2D eigenvalue weighted by Crippen LogP contribution is 2.20. The number of esters is 1. The van der Waals surface area contributed by atoms with E-state index in [9.17, 15) is 14.4 Å². The number of hydrogen-bond donors (Lipinski definition) is 2. The van der Waals surface area contributed by atoms with Crippen LogP contribution in [0.2, 0.25) is 0 Å². The average Bonchev–Trinajstić information content (AvgIpc) is 2.73. The molecule has 0 aromatic heterocycles. The van der Waals surface area contributed by atoms with Gasteiger partial charge in [0, 0.05) is 12.2 Å². The number of hydrogen-bond acceptors (Lipinski definition) is 5. The molecule has 0 fully saturated rings. The lowest BCUT2D eigenvalue weighted by Gasteiger charge is -2.23. The van der Waals surface area contributed by atoms with Crippen LogP contribution in [0.25, 0.3) is 0 Å². The molecular formula is C22H26N2O5. The van der Waals surface area contributed by atoms with Crippen LogP contribution < -0.4 is 15.4 Å². The molecule has 2 N–H and O–H groups in total. The van der Waals surface area contributed by atoms with Gasteiger partial charge in [-0.3, -0.25) is 9.59 Å². The van der Waals surface area contributed by atoms with E-state index in [0.29, 0.717) is 24.2 Å². The maximum absolute atomic E-state index is 12.6. The second kappa shape index (κ2) is 9.73. The highest BCUT2D eigenvalue weighted by Gasteiger charge is 2.35. The Morgan fingerprint density at radius 1 is 0.966 bits per heavy atom. The van der Waals surface area contributed by atoms with E-state index in [-0.39, 0.29) is 5.91 Å². The van der Waals surface area contributed by atoms with Gasteiger partial charge in [-0.2, -0.15) is 0 Å². The molecule has 7 heteroatoms. The number of methoxy groups -OCH3 is 2. The molecule has 0 saturated heterocycles. The van der Waals surface area contributed by atoms with Crippen molar-refractivity contribution in [2.75, 3.05) is 26.1 Å². The molecule has 154 valence electrons. The third-order valence-electron chi connectivity index (χ3n) is 4.51. The highest BCUT2D eigenvalue weighted by atomic mass is 16.5. The Bertz CT molecular complexity index is 892. The van der Waals surface area contributed by atoms with Gasteiger partial charge in [0.25, 0.3) is 0 Å². The van der Waals surface area contributed by atoms with E-state index in [1.165, 1.54) is 13.2 Å². The molecule has 7 nitrogen and oxygen atoms in total. The zero-order valence-electron chi connectivity index (χ0n) is 17.1. The first-order valence-electron chi connectivity index (χ1n) is 9.19. The summed E-state index contributed by atoms with van der Waals surface area (Å²) in [5, 5.41) is 5.48. The van der Waals surface area contributed by atoms with Gasteiger partial charge in [0.1, 0.15) is 11.2 Å². The molecule has 2 amide bonds. The lowest BCUT2D eigenvalue weighted by molar-refractivity contribution is -0.138. The second-order valence-electron chi connectivity index (χ2n) is 7.01. The van der Waals surface area contributed by atoms with Crippen LogP contribution in [0.5, 0.6) is 5.75 Å². The fraction of sp³-hybridized carbons (Fsp3) is 0.318. The molecule has 0 radical (unpaired) electrons. The Balaban J connectivity index is 1.95.